The summed E-state index contributed by atoms with van der Waals surface area (Å²) in [5.41, 5.74) is 3.03. The molecule has 1 aliphatic heterocycles. The molecule has 4 nitrogen and oxygen atoms in total. The Hall–Kier alpha value is -1.00. The molecule has 1 aromatic heterocycles. The van der Waals surface area contributed by atoms with E-state index in [9.17, 15) is 0 Å². The Morgan fingerprint density at radius 3 is 2.35 bits per heavy atom. The van der Waals surface area contributed by atoms with E-state index in [-0.39, 0.29) is 5.60 Å². The van der Waals surface area contributed by atoms with Gasteiger partial charge in [-0.05, 0) is 40.0 Å². The van der Waals surface area contributed by atoms with Crippen LogP contribution in [0.1, 0.15) is 62.8 Å². The molecule has 1 aliphatic rings. The molecule has 1 unspecified atom stereocenters. The van der Waals surface area contributed by atoms with Gasteiger partial charge in [-0.1, -0.05) is 13.8 Å². The van der Waals surface area contributed by atoms with Gasteiger partial charge in [-0.25, -0.2) is 9.97 Å². The Kier molecular flexibility index (Phi) is 4.76. The zero-order valence-electron chi connectivity index (χ0n) is 13.4. The van der Waals surface area contributed by atoms with Gasteiger partial charge in [-0.15, -0.1) is 0 Å². The SMILES string of the molecule is Cc1nc(C2(C)CCCCO2)nc(C)c1CNC(C)C. The molecule has 4 heteroatoms. The minimum absolute atomic E-state index is 0.308. The van der Waals surface area contributed by atoms with Crippen LogP contribution in [0.4, 0.5) is 0 Å². The largest absolute Gasteiger partial charge is 0.367 e. The molecule has 0 amide bonds. The molecule has 1 saturated heterocycles. The normalized spacial score (nSPS) is 23.3. The quantitative estimate of drug-likeness (QED) is 0.919. The van der Waals surface area contributed by atoms with Crippen molar-refractivity contribution in [2.45, 2.75) is 72.1 Å². The highest BCUT2D eigenvalue weighted by Crippen LogP contribution is 2.33. The zero-order valence-corrected chi connectivity index (χ0v) is 13.4. The Labute approximate surface area is 122 Å². The first-order valence-corrected chi connectivity index (χ1v) is 7.64. The summed E-state index contributed by atoms with van der Waals surface area (Å²) in [5, 5.41) is 3.44. The van der Waals surface area contributed by atoms with Crippen LogP contribution in [0.2, 0.25) is 0 Å². The van der Waals surface area contributed by atoms with Gasteiger partial charge in [-0.3, -0.25) is 0 Å². The van der Waals surface area contributed by atoms with E-state index in [0.29, 0.717) is 6.04 Å². The first kappa shape index (κ1) is 15.4. The predicted molar refractivity (Wildman–Crippen MR) is 80.6 cm³/mol. The van der Waals surface area contributed by atoms with Gasteiger partial charge in [0.25, 0.3) is 0 Å². The lowest BCUT2D eigenvalue weighted by Crippen LogP contribution is -2.33. The summed E-state index contributed by atoms with van der Waals surface area (Å²) in [4.78, 5) is 9.46. The number of hydrogen-bond acceptors (Lipinski definition) is 4. The maximum Gasteiger partial charge on any atom is 0.160 e. The van der Waals surface area contributed by atoms with E-state index >= 15 is 0 Å². The Morgan fingerprint density at radius 2 is 1.85 bits per heavy atom. The van der Waals surface area contributed by atoms with E-state index in [4.69, 9.17) is 14.7 Å². The average molecular weight is 277 g/mol. The van der Waals surface area contributed by atoms with Crippen molar-refractivity contribution in [3.8, 4) is 0 Å². The molecule has 1 N–H and O–H groups in total. The molecular formula is C16H27N3O. The first-order valence-electron chi connectivity index (χ1n) is 7.64. The molecule has 20 heavy (non-hydrogen) atoms. The van der Waals surface area contributed by atoms with E-state index in [2.05, 4.69) is 39.9 Å². The third kappa shape index (κ3) is 3.36. The van der Waals surface area contributed by atoms with Gasteiger partial charge in [0, 0.05) is 36.1 Å². The highest BCUT2D eigenvalue weighted by molar-refractivity contribution is 5.25. The van der Waals surface area contributed by atoms with Gasteiger partial charge in [0.05, 0.1) is 0 Å². The number of nitrogens with one attached hydrogen (secondary N) is 1. The van der Waals surface area contributed by atoms with Crippen molar-refractivity contribution < 1.29 is 4.74 Å². The molecule has 1 fully saturated rings. The lowest BCUT2D eigenvalue weighted by atomic mass is 9.94. The maximum atomic E-state index is 5.96. The third-order valence-electron chi connectivity index (χ3n) is 4.05. The van der Waals surface area contributed by atoms with Crippen LogP contribution in [-0.4, -0.2) is 22.6 Å². The summed E-state index contributed by atoms with van der Waals surface area (Å²) >= 11 is 0. The summed E-state index contributed by atoms with van der Waals surface area (Å²) in [5.74, 6) is 0.848. The molecule has 0 aromatic carbocycles. The monoisotopic (exact) mass is 277 g/mol. The van der Waals surface area contributed by atoms with Crippen LogP contribution in [-0.2, 0) is 16.9 Å². The van der Waals surface area contributed by atoms with E-state index < -0.39 is 0 Å². The predicted octanol–water partition coefficient (Wildman–Crippen LogP) is 3.01. The molecule has 1 atom stereocenters. The fraction of sp³-hybridized carbons (Fsp3) is 0.750. The van der Waals surface area contributed by atoms with Crippen molar-refractivity contribution in [1.29, 1.82) is 0 Å². The second-order valence-electron chi connectivity index (χ2n) is 6.27. The average Bonchev–Trinajstić information content (AvgIpc) is 2.38. The van der Waals surface area contributed by atoms with Crippen molar-refractivity contribution in [3.05, 3.63) is 22.8 Å². The number of hydrogen-bond donors (Lipinski definition) is 1. The Bertz CT molecular complexity index is 442. The molecule has 0 aliphatic carbocycles. The van der Waals surface area contributed by atoms with E-state index in [1.165, 1.54) is 12.0 Å². The van der Waals surface area contributed by atoms with Gasteiger partial charge in [0.2, 0.25) is 0 Å². The molecule has 1 aromatic rings. The van der Waals surface area contributed by atoms with Crippen LogP contribution in [0.3, 0.4) is 0 Å². The molecule has 0 saturated carbocycles. The topological polar surface area (TPSA) is 47.0 Å². The van der Waals surface area contributed by atoms with Crippen LogP contribution < -0.4 is 5.32 Å². The van der Waals surface area contributed by atoms with Gasteiger partial charge < -0.3 is 10.1 Å². The molecule has 112 valence electrons. The third-order valence-corrected chi connectivity index (χ3v) is 4.05. The second-order valence-corrected chi connectivity index (χ2v) is 6.27. The highest BCUT2D eigenvalue weighted by atomic mass is 16.5. The maximum absolute atomic E-state index is 5.96. The summed E-state index contributed by atoms with van der Waals surface area (Å²) in [6.07, 6.45) is 3.34. The van der Waals surface area contributed by atoms with Crippen LogP contribution >= 0.6 is 0 Å². The van der Waals surface area contributed by atoms with Crippen molar-refractivity contribution >= 4 is 0 Å². The number of nitrogens with zero attached hydrogens (tertiary/aromatic N) is 2. The van der Waals surface area contributed by atoms with Gasteiger partial charge in [0.15, 0.2) is 5.82 Å². The Morgan fingerprint density at radius 1 is 1.20 bits per heavy atom. The number of ether oxygens (including phenoxy) is 1. The number of aromatic nitrogens is 2. The zero-order chi connectivity index (χ0) is 14.8. The van der Waals surface area contributed by atoms with Gasteiger partial charge in [-0.2, -0.15) is 0 Å². The van der Waals surface area contributed by atoms with Crippen LogP contribution in [0.5, 0.6) is 0 Å². The van der Waals surface area contributed by atoms with Crippen molar-refractivity contribution in [2.24, 2.45) is 0 Å². The molecule has 0 spiro atoms. The Balaban J connectivity index is 2.25. The highest BCUT2D eigenvalue weighted by Gasteiger charge is 2.33. The van der Waals surface area contributed by atoms with Crippen LogP contribution in [0.25, 0.3) is 0 Å². The van der Waals surface area contributed by atoms with Crippen molar-refractivity contribution in [1.82, 2.24) is 15.3 Å². The van der Waals surface area contributed by atoms with Crippen molar-refractivity contribution in [2.75, 3.05) is 6.61 Å². The summed E-state index contributed by atoms with van der Waals surface area (Å²) in [6.45, 7) is 12.2. The summed E-state index contributed by atoms with van der Waals surface area (Å²) in [6, 6.07) is 0.465. The smallest absolute Gasteiger partial charge is 0.160 e. The number of aryl methyl sites for hydroxylation is 2. The standard InChI is InChI=1S/C16H27N3O/c1-11(2)17-10-14-12(3)18-15(19-13(14)4)16(5)8-6-7-9-20-16/h11,17H,6-10H2,1-5H3. The lowest BCUT2D eigenvalue weighted by Gasteiger charge is -2.33. The molecule has 2 rings (SSSR count). The molecule has 0 bridgehead atoms. The van der Waals surface area contributed by atoms with E-state index in [1.54, 1.807) is 0 Å². The van der Waals surface area contributed by atoms with E-state index in [0.717, 1.165) is 43.2 Å². The van der Waals surface area contributed by atoms with Gasteiger partial charge in [0.1, 0.15) is 5.60 Å². The van der Waals surface area contributed by atoms with Crippen molar-refractivity contribution in [3.63, 3.8) is 0 Å². The second kappa shape index (κ2) is 6.19. The lowest BCUT2D eigenvalue weighted by molar-refractivity contribution is -0.0762. The van der Waals surface area contributed by atoms with E-state index in [1.807, 2.05) is 0 Å². The molecule has 2 heterocycles. The number of rotatable bonds is 4. The minimum atomic E-state index is -0.308. The fourth-order valence-corrected chi connectivity index (χ4v) is 2.65. The summed E-state index contributed by atoms with van der Waals surface area (Å²) < 4.78 is 5.96. The van der Waals surface area contributed by atoms with Gasteiger partial charge >= 0.3 is 0 Å². The molecule has 0 radical (unpaired) electrons. The fourth-order valence-electron chi connectivity index (χ4n) is 2.65. The van der Waals surface area contributed by atoms with Crippen LogP contribution in [0.15, 0.2) is 0 Å². The van der Waals surface area contributed by atoms with Crippen LogP contribution in [0, 0.1) is 13.8 Å². The summed E-state index contributed by atoms with van der Waals surface area (Å²) in [7, 11) is 0. The minimum Gasteiger partial charge on any atom is -0.367 e. The first-order chi connectivity index (χ1) is 9.42. The molecular weight excluding hydrogens is 250 g/mol.